The van der Waals surface area contributed by atoms with E-state index in [1.165, 1.54) is 37.8 Å². The van der Waals surface area contributed by atoms with E-state index in [-0.39, 0.29) is 0 Å². The minimum absolute atomic E-state index is 0.565. The summed E-state index contributed by atoms with van der Waals surface area (Å²) in [5.41, 5.74) is 4.05. The molecular weight excluding hydrogens is 364 g/mol. The largest absolute Gasteiger partial charge is 0.380 e. The number of hydrogen-bond acceptors (Lipinski definition) is 5. The van der Waals surface area contributed by atoms with E-state index in [9.17, 15) is 0 Å². The normalized spacial score (nSPS) is 23.9. The lowest BCUT2D eigenvalue weighted by molar-refractivity contribution is 0.118. The van der Waals surface area contributed by atoms with E-state index in [0.29, 0.717) is 12.0 Å². The molecular formula is C22H28N6O. The number of pyridine rings is 1. The van der Waals surface area contributed by atoms with Crippen LogP contribution >= 0.6 is 0 Å². The van der Waals surface area contributed by atoms with E-state index in [2.05, 4.69) is 32.8 Å². The summed E-state index contributed by atoms with van der Waals surface area (Å²) in [4.78, 5) is 7.40. The Morgan fingerprint density at radius 2 is 2.03 bits per heavy atom. The molecule has 0 radical (unpaired) electrons. The fourth-order valence-electron chi connectivity index (χ4n) is 4.89. The van der Waals surface area contributed by atoms with Gasteiger partial charge in [0.05, 0.1) is 12.8 Å². The van der Waals surface area contributed by atoms with Gasteiger partial charge in [0.25, 0.3) is 0 Å². The predicted molar refractivity (Wildman–Crippen MR) is 114 cm³/mol. The molecule has 4 heterocycles. The first kappa shape index (κ1) is 18.5. The molecule has 0 atom stereocenters. The third-order valence-electron chi connectivity index (χ3n) is 6.45. The van der Waals surface area contributed by atoms with Crippen LogP contribution < -0.4 is 0 Å². The van der Waals surface area contributed by atoms with Gasteiger partial charge in [0.15, 0.2) is 5.65 Å². The SMILES string of the molecule is C=Cn1nc(-c2cn[nH]c2)c2cc(C3CCC(N4CCCOCC4)CC3)cnc21. The van der Waals surface area contributed by atoms with Gasteiger partial charge in [0, 0.05) is 55.3 Å². The molecule has 0 aromatic carbocycles. The summed E-state index contributed by atoms with van der Waals surface area (Å²) >= 11 is 0. The van der Waals surface area contributed by atoms with E-state index in [4.69, 9.17) is 9.72 Å². The highest BCUT2D eigenvalue weighted by molar-refractivity contribution is 5.92. The summed E-state index contributed by atoms with van der Waals surface area (Å²) in [6.45, 7) is 7.92. The minimum atomic E-state index is 0.565. The fraction of sp³-hybridized carbons (Fsp3) is 0.500. The number of nitrogens with one attached hydrogen (secondary N) is 1. The highest BCUT2D eigenvalue weighted by Gasteiger charge is 2.28. The zero-order valence-corrected chi connectivity index (χ0v) is 16.8. The zero-order chi connectivity index (χ0) is 19.6. The van der Waals surface area contributed by atoms with Gasteiger partial charge in [-0.3, -0.25) is 10.00 Å². The van der Waals surface area contributed by atoms with Crippen molar-refractivity contribution in [2.24, 2.45) is 0 Å². The second-order valence-corrected chi connectivity index (χ2v) is 8.11. The van der Waals surface area contributed by atoms with Gasteiger partial charge in [-0.2, -0.15) is 10.2 Å². The van der Waals surface area contributed by atoms with Gasteiger partial charge >= 0.3 is 0 Å². The molecule has 1 aliphatic carbocycles. The van der Waals surface area contributed by atoms with E-state index >= 15 is 0 Å². The molecule has 5 rings (SSSR count). The summed E-state index contributed by atoms with van der Waals surface area (Å²) < 4.78 is 7.38. The Morgan fingerprint density at radius 1 is 1.14 bits per heavy atom. The van der Waals surface area contributed by atoms with Crippen LogP contribution in [0.5, 0.6) is 0 Å². The Morgan fingerprint density at radius 3 is 2.83 bits per heavy atom. The Bertz CT molecular complexity index is 963. The highest BCUT2D eigenvalue weighted by atomic mass is 16.5. The number of ether oxygens (including phenoxy) is 1. The van der Waals surface area contributed by atoms with Crippen LogP contribution in [0.1, 0.15) is 43.6 Å². The van der Waals surface area contributed by atoms with Crippen LogP contribution in [-0.2, 0) is 4.74 Å². The van der Waals surface area contributed by atoms with Crippen LogP contribution in [-0.4, -0.2) is 62.2 Å². The average Bonchev–Trinajstić information content (AvgIpc) is 3.33. The van der Waals surface area contributed by atoms with Gasteiger partial charge < -0.3 is 4.74 Å². The quantitative estimate of drug-likeness (QED) is 0.733. The molecule has 1 aliphatic heterocycles. The Kier molecular flexibility index (Phi) is 5.16. The molecule has 0 unspecified atom stereocenters. The van der Waals surface area contributed by atoms with Crippen LogP contribution in [0.15, 0.2) is 31.2 Å². The van der Waals surface area contributed by atoms with E-state index in [1.807, 2.05) is 12.4 Å². The number of hydrogen-bond donors (Lipinski definition) is 1. The van der Waals surface area contributed by atoms with Crippen molar-refractivity contribution < 1.29 is 4.74 Å². The van der Waals surface area contributed by atoms with Crippen LogP contribution in [0.3, 0.4) is 0 Å². The maximum Gasteiger partial charge on any atom is 0.162 e. The fourth-order valence-corrected chi connectivity index (χ4v) is 4.89. The standard InChI is InChI=1S/C22H28N6O/c1-2-28-22-20(21(26-28)18-14-24-25-15-18)12-17(13-23-22)16-4-6-19(7-5-16)27-8-3-10-29-11-9-27/h2,12-16,19H,1,3-11H2,(H,24,25). The summed E-state index contributed by atoms with van der Waals surface area (Å²) in [5.74, 6) is 0.565. The number of nitrogens with zero attached hydrogens (tertiary/aromatic N) is 5. The number of H-pyrrole nitrogens is 1. The maximum absolute atomic E-state index is 5.63. The third-order valence-corrected chi connectivity index (χ3v) is 6.45. The van der Waals surface area contributed by atoms with Crippen molar-refractivity contribution in [1.29, 1.82) is 0 Å². The van der Waals surface area contributed by atoms with Gasteiger partial charge in [-0.05, 0) is 49.7 Å². The molecule has 1 saturated carbocycles. The van der Waals surface area contributed by atoms with Crippen molar-refractivity contribution in [3.8, 4) is 11.3 Å². The van der Waals surface area contributed by atoms with Crippen molar-refractivity contribution >= 4 is 17.2 Å². The van der Waals surface area contributed by atoms with Gasteiger partial charge in [-0.15, -0.1) is 0 Å². The molecule has 7 heteroatoms. The smallest absolute Gasteiger partial charge is 0.162 e. The first-order chi connectivity index (χ1) is 14.3. The highest BCUT2D eigenvalue weighted by Crippen LogP contribution is 2.37. The first-order valence-electron chi connectivity index (χ1n) is 10.6. The van der Waals surface area contributed by atoms with Crippen LogP contribution in [0.25, 0.3) is 28.5 Å². The van der Waals surface area contributed by atoms with Crippen molar-refractivity contribution in [2.45, 2.75) is 44.1 Å². The predicted octanol–water partition coefficient (Wildman–Crippen LogP) is 3.67. The molecule has 29 heavy (non-hydrogen) atoms. The van der Waals surface area contributed by atoms with Gasteiger partial charge in [0.1, 0.15) is 5.69 Å². The van der Waals surface area contributed by atoms with Crippen LogP contribution in [0, 0.1) is 0 Å². The topological polar surface area (TPSA) is 71.9 Å². The lowest BCUT2D eigenvalue weighted by atomic mass is 9.81. The molecule has 3 aromatic heterocycles. The van der Waals surface area contributed by atoms with Crippen LogP contribution in [0.2, 0.25) is 0 Å². The molecule has 0 bridgehead atoms. The van der Waals surface area contributed by atoms with Gasteiger partial charge in [-0.1, -0.05) is 6.58 Å². The van der Waals surface area contributed by atoms with Crippen LogP contribution in [0.4, 0.5) is 0 Å². The molecule has 1 saturated heterocycles. The van der Waals surface area contributed by atoms with Gasteiger partial charge in [0.2, 0.25) is 0 Å². The first-order valence-corrected chi connectivity index (χ1v) is 10.6. The van der Waals surface area contributed by atoms with Crippen molar-refractivity contribution in [3.63, 3.8) is 0 Å². The number of aromatic amines is 1. The summed E-state index contributed by atoms with van der Waals surface area (Å²) in [6.07, 6.45) is 13.5. The number of fused-ring (bicyclic) bond motifs is 1. The summed E-state index contributed by atoms with van der Waals surface area (Å²) in [6, 6.07) is 2.98. The molecule has 152 valence electrons. The van der Waals surface area contributed by atoms with Gasteiger partial charge in [-0.25, -0.2) is 9.67 Å². The molecule has 0 spiro atoms. The summed E-state index contributed by atoms with van der Waals surface area (Å²) in [7, 11) is 0. The van der Waals surface area contributed by atoms with Crippen molar-refractivity contribution in [2.75, 3.05) is 26.3 Å². The molecule has 3 aromatic rings. The second kappa shape index (κ2) is 8.08. The van der Waals surface area contributed by atoms with E-state index in [1.54, 1.807) is 17.1 Å². The molecule has 1 N–H and O–H groups in total. The molecule has 2 fully saturated rings. The Labute approximate surface area is 170 Å². The zero-order valence-electron chi connectivity index (χ0n) is 16.8. The van der Waals surface area contributed by atoms with Crippen molar-refractivity contribution in [3.05, 3.63) is 36.8 Å². The number of rotatable bonds is 4. The average molecular weight is 393 g/mol. The maximum atomic E-state index is 5.63. The third kappa shape index (κ3) is 3.60. The second-order valence-electron chi connectivity index (χ2n) is 8.11. The molecule has 0 amide bonds. The molecule has 7 nitrogen and oxygen atoms in total. The number of aromatic nitrogens is 5. The Hall–Kier alpha value is -2.51. The lowest BCUT2D eigenvalue weighted by Gasteiger charge is -2.36. The van der Waals surface area contributed by atoms with E-state index in [0.717, 1.165) is 48.5 Å². The molecule has 2 aliphatic rings. The summed E-state index contributed by atoms with van der Waals surface area (Å²) in [5, 5.41) is 12.7. The van der Waals surface area contributed by atoms with Crippen molar-refractivity contribution in [1.82, 2.24) is 29.9 Å². The Balaban J connectivity index is 1.37. The van der Waals surface area contributed by atoms with E-state index < -0.39 is 0 Å². The minimum Gasteiger partial charge on any atom is -0.380 e. The monoisotopic (exact) mass is 392 g/mol. The lowest BCUT2D eigenvalue weighted by Crippen LogP contribution is -2.39.